The van der Waals surface area contributed by atoms with Crippen molar-refractivity contribution in [2.45, 2.75) is 25.3 Å². The summed E-state index contributed by atoms with van der Waals surface area (Å²) < 4.78 is 0. The van der Waals surface area contributed by atoms with Crippen LogP contribution in [0.4, 0.5) is 0 Å². The second kappa shape index (κ2) is 5.30. The van der Waals surface area contributed by atoms with Crippen LogP contribution in [0.2, 0.25) is 0 Å². The number of nitrogens with one attached hydrogen (secondary N) is 2. The fourth-order valence-corrected chi connectivity index (χ4v) is 2.67. The minimum atomic E-state index is 0.0912. The molecule has 2 aromatic heterocycles. The summed E-state index contributed by atoms with van der Waals surface area (Å²) in [6, 6.07) is 12.7. The summed E-state index contributed by atoms with van der Waals surface area (Å²) in [7, 11) is 0. The fourth-order valence-electron chi connectivity index (χ4n) is 2.67. The Morgan fingerprint density at radius 2 is 2.05 bits per heavy atom. The lowest BCUT2D eigenvalue weighted by Gasteiger charge is -2.04. The Hall–Kier alpha value is -2.62. The van der Waals surface area contributed by atoms with Crippen LogP contribution >= 0.6 is 0 Å². The number of fused-ring (bicyclic) bond motifs is 1. The van der Waals surface area contributed by atoms with Crippen LogP contribution in [0.5, 0.6) is 0 Å². The van der Waals surface area contributed by atoms with Crippen molar-refractivity contribution in [1.29, 1.82) is 0 Å². The first-order valence-corrected chi connectivity index (χ1v) is 7.60. The number of nitrogens with zero attached hydrogens (tertiary/aromatic N) is 1. The molecular weight excluding hydrogens is 274 g/mol. The van der Waals surface area contributed by atoms with E-state index in [2.05, 4.69) is 33.5 Å². The van der Waals surface area contributed by atoms with E-state index >= 15 is 0 Å². The number of pyridine rings is 1. The van der Waals surface area contributed by atoms with E-state index < -0.39 is 0 Å². The molecule has 1 aliphatic carbocycles. The van der Waals surface area contributed by atoms with Crippen molar-refractivity contribution in [2.75, 3.05) is 0 Å². The van der Waals surface area contributed by atoms with Gasteiger partial charge in [-0.2, -0.15) is 0 Å². The van der Waals surface area contributed by atoms with E-state index in [0.29, 0.717) is 12.5 Å². The van der Waals surface area contributed by atoms with Crippen molar-refractivity contribution in [2.24, 2.45) is 0 Å². The molecule has 4 nitrogen and oxygen atoms in total. The number of benzene rings is 1. The third-order valence-electron chi connectivity index (χ3n) is 4.02. The molecule has 110 valence electrons. The molecule has 1 saturated carbocycles. The maximum atomic E-state index is 12.0. The molecule has 1 aliphatic rings. The van der Waals surface area contributed by atoms with E-state index in [1.54, 1.807) is 0 Å². The summed E-state index contributed by atoms with van der Waals surface area (Å²) in [5.74, 6) is 0.0912. The van der Waals surface area contributed by atoms with Crippen molar-refractivity contribution in [3.05, 3.63) is 54.4 Å². The Labute approximate surface area is 128 Å². The lowest BCUT2D eigenvalue weighted by Crippen LogP contribution is -2.26. The maximum absolute atomic E-state index is 12.0. The molecule has 1 amide bonds. The van der Waals surface area contributed by atoms with Gasteiger partial charge in [0.2, 0.25) is 5.91 Å². The van der Waals surface area contributed by atoms with Crippen LogP contribution in [0.15, 0.2) is 48.8 Å². The predicted molar refractivity (Wildman–Crippen MR) is 86.4 cm³/mol. The quantitative estimate of drug-likeness (QED) is 0.776. The van der Waals surface area contributed by atoms with E-state index in [1.807, 2.05) is 30.6 Å². The lowest BCUT2D eigenvalue weighted by atomic mass is 10.0. The normalized spacial score (nSPS) is 14.2. The lowest BCUT2D eigenvalue weighted by molar-refractivity contribution is -0.120. The standard InChI is InChI=1S/C18H17N3O/c22-17(21-15-6-7-15)9-14-11-20-18-16(14)8-13(10-19-18)12-4-2-1-3-5-12/h1-5,8,10-11,15H,6-7,9H2,(H,19,20)(H,21,22). The van der Waals surface area contributed by atoms with Gasteiger partial charge in [0.1, 0.15) is 5.65 Å². The largest absolute Gasteiger partial charge is 0.353 e. The molecule has 0 atom stereocenters. The van der Waals surface area contributed by atoms with Gasteiger partial charge in [-0.15, -0.1) is 0 Å². The van der Waals surface area contributed by atoms with Gasteiger partial charge in [0.15, 0.2) is 0 Å². The molecule has 0 spiro atoms. The van der Waals surface area contributed by atoms with Crippen LogP contribution in [-0.2, 0) is 11.2 Å². The van der Waals surface area contributed by atoms with Crippen LogP contribution in [-0.4, -0.2) is 21.9 Å². The Kier molecular flexibility index (Phi) is 3.15. The first-order valence-electron chi connectivity index (χ1n) is 7.60. The van der Waals surface area contributed by atoms with Crippen molar-refractivity contribution in [3.8, 4) is 11.1 Å². The second-order valence-electron chi connectivity index (χ2n) is 5.82. The Bertz CT molecular complexity index is 819. The van der Waals surface area contributed by atoms with Gasteiger partial charge in [0.05, 0.1) is 6.42 Å². The first kappa shape index (κ1) is 13.1. The number of carbonyl (C=O) groups is 1. The SMILES string of the molecule is O=C(Cc1c[nH]c2ncc(-c3ccccc3)cc12)NC1CC1. The minimum absolute atomic E-state index is 0.0912. The summed E-state index contributed by atoms with van der Waals surface area (Å²) >= 11 is 0. The van der Waals surface area contributed by atoms with Crippen molar-refractivity contribution >= 4 is 16.9 Å². The molecule has 1 aromatic carbocycles. The number of rotatable bonds is 4. The first-order chi connectivity index (χ1) is 10.8. The zero-order valence-electron chi connectivity index (χ0n) is 12.2. The van der Waals surface area contributed by atoms with Crippen molar-refractivity contribution in [1.82, 2.24) is 15.3 Å². The van der Waals surface area contributed by atoms with E-state index in [4.69, 9.17) is 0 Å². The van der Waals surface area contributed by atoms with Crippen molar-refractivity contribution < 1.29 is 4.79 Å². The van der Waals surface area contributed by atoms with Gasteiger partial charge >= 0.3 is 0 Å². The van der Waals surface area contributed by atoms with E-state index in [9.17, 15) is 4.79 Å². The van der Waals surface area contributed by atoms with Gasteiger partial charge in [-0.1, -0.05) is 30.3 Å². The average Bonchev–Trinajstić information content (AvgIpc) is 3.27. The molecule has 2 heterocycles. The molecule has 1 fully saturated rings. The third kappa shape index (κ3) is 2.60. The summed E-state index contributed by atoms with van der Waals surface area (Å²) in [4.78, 5) is 19.6. The average molecular weight is 291 g/mol. The summed E-state index contributed by atoms with van der Waals surface area (Å²) in [6.07, 6.45) is 6.37. The minimum Gasteiger partial charge on any atom is -0.353 e. The van der Waals surface area contributed by atoms with Gasteiger partial charge in [-0.3, -0.25) is 4.79 Å². The van der Waals surface area contributed by atoms with Gasteiger partial charge < -0.3 is 10.3 Å². The van der Waals surface area contributed by atoms with Crippen LogP contribution in [0.3, 0.4) is 0 Å². The molecule has 2 N–H and O–H groups in total. The topological polar surface area (TPSA) is 57.8 Å². The predicted octanol–water partition coefficient (Wildman–Crippen LogP) is 3.05. The summed E-state index contributed by atoms with van der Waals surface area (Å²) in [5.41, 5.74) is 4.02. The molecular formula is C18H17N3O. The number of H-pyrrole nitrogens is 1. The van der Waals surface area contributed by atoms with Gasteiger partial charge in [0, 0.05) is 29.4 Å². The fraction of sp³-hybridized carbons (Fsp3) is 0.222. The second-order valence-corrected chi connectivity index (χ2v) is 5.82. The van der Waals surface area contributed by atoms with Crippen LogP contribution in [0.1, 0.15) is 18.4 Å². The van der Waals surface area contributed by atoms with E-state index in [0.717, 1.165) is 40.6 Å². The van der Waals surface area contributed by atoms with Crippen LogP contribution in [0, 0.1) is 0 Å². The molecule has 3 aromatic rings. The van der Waals surface area contributed by atoms with Gasteiger partial charge in [-0.05, 0) is 30.0 Å². The number of carbonyl (C=O) groups excluding carboxylic acids is 1. The van der Waals surface area contributed by atoms with Crippen LogP contribution in [0.25, 0.3) is 22.2 Å². The maximum Gasteiger partial charge on any atom is 0.224 e. The molecule has 4 rings (SSSR count). The summed E-state index contributed by atoms with van der Waals surface area (Å²) in [5, 5.41) is 4.05. The molecule has 0 unspecified atom stereocenters. The monoisotopic (exact) mass is 291 g/mol. The highest BCUT2D eigenvalue weighted by Gasteiger charge is 2.23. The zero-order chi connectivity index (χ0) is 14.9. The van der Waals surface area contributed by atoms with E-state index in [-0.39, 0.29) is 5.91 Å². The zero-order valence-corrected chi connectivity index (χ0v) is 12.2. The highest BCUT2D eigenvalue weighted by molar-refractivity contribution is 5.89. The highest BCUT2D eigenvalue weighted by Crippen LogP contribution is 2.25. The van der Waals surface area contributed by atoms with Gasteiger partial charge in [0.25, 0.3) is 0 Å². The third-order valence-corrected chi connectivity index (χ3v) is 4.02. The number of aromatic amines is 1. The molecule has 0 aliphatic heterocycles. The molecule has 0 radical (unpaired) electrons. The molecule has 4 heteroatoms. The number of aromatic nitrogens is 2. The Morgan fingerprint density at radius 1 is 1.23 bits per heavy atom. The molecule has 22 heavy (non-hydrogen) atoms. The number of amides is 1. The van der Waals surface area contributed by atoms with Crippen LogP contribution < -0.4 is 5.32 Å². The molecule has 0 bridgehead atoms. The number of hydrogen-bond donors (Lipinski definition) is 2. The van der Waals surface area contributed by atoms with Gasteiger partial charge in [-0.25, -0.2) is 4.98 Å². The number of hydrogen-bond acceptors (Lipinski definition) is 2. The summed E-state index contributed by atoms with van der Waals surface area (Å²) in [6.45, 7) is 0. The van der Waals surface area contributed by atoms with E-state index in [1.165, 1.54) is 0 Å². The Balaban J connectivity index is 1.65. The molecule has 0 saturated heterocycles. The Morgan fingerprint density at radius 3 is 2.82 bits per heavy atom. The highest BCUT2D eigenvalue weighted by atomic mass is 16.1. The van der Waals surface area contributed by atoms with Crippen molar-refractivity contribution in [3.63, 3.8) is 0 Å². The smallest absolute Gasteiger partial charge is 0.224 e.